The molecule has 0 heterocycles. The highest BCUT2D eigenvalue weighted by Gasteiger charge is 2.64. The summed E-state index contributed by atoms with van der Waals surface area (Å²) in [6.45, 7) is 0. The van der Waals surface area contributed by atoms with Crippen LogP contribution in [-0.2, 0) is 10.2 Å². The average Bonchev–Trinajstić information content (AvgIpc) is 2.75. The summed E-state index contributed by atoms with van der Waals surface area (Å²) in [5.74, 6) is 0.404. The van der Waals surface area contributed by atoms with Crippen molar-refractivity contribution in [2.45, 2.75) is 95.3 Å². The minimum absolute atomic E-state index is 0.166. The van der Waals surface area contributed by atoms with Crippen LogP contribution in [0.1, 0.15) is 95.5 Å². The lowest BCUT2D eigenvalue weighted by atomic mass is 9.42. The molecule has 3 aliphatic carbocycles. The van der Waals surface area contributed by atoms with Crippen LogP contribution < -0.4 is 0 Å². The number of hydrogen-bond donors (Lipinski definition) is 1. The van der Waals surface area contributed by atoms with Crippen molar-refractivity contribution in [3.63, 3.8) is 0 Å². The highest BCUT2D eigenvalue weighted by atomic mass is 16.4. The zero-order valence-corrected chi connectivity index (χ0v) is 16.8. The van der Waals surface area contributed by atoms with Gasteiger partial charge in [0.15, 0.2) is 0 Å². The molecule has 3 fully saturated rings. The zero-order valence-electron chi connectivity index (χ0n) is 16.8. The molecular weight excluding hydrogens is 332 g/mol. The topological polar surface area (TPSA) is 37.3 Å². The van der Waals surface area contributed by atoms with Crippen LogP contribution in [0, 0.1) is 17.3 Å². The Morgan fingerprint density at radius 1 is 0.741 bits per heavy atom. The first-order valence-corrected chi connectivity index (χ1v) is 11.5. The monoisotopic (exact) mass is 368 g/mol. The van der Waals surface area contributed by atoms with Crippen molar-refractivity contribution < 1.29 is 9.90 Å². The Morgan fingerprint density at radius 2 is 1.30 bits per heavy atom. The molecular formula is C25H36O2. The van der Waals surface area contributed by atoms with Crippen molar-refractivity contribution >= 4 is 5.97 Å². The number of hydrogen-bond acceptors (Lipinski definition) is 1. The molecule has 27 heavy (non-hydrogen) atoms. The molecule has 3 saturated carbocycles. The molecule has 0 aromatic heterocycles. The number of rotatable bonds is 4. The van der Waals surface area contributed by atoms with Crippen molar-refractivity contribution in [2.24, 2.45) is 17.3 Å². The van der Waals surface area contributed by atoms with E-state index in [-0.39, 0.29) is 5.41 Å². The predicted octanol–water partition coefficient (Wildman–Crippen LogP) is 6.73. The van der Waals surface area contributed by atoms with Crippen LogP contribution in [0.25, 0.3) is 0 Å². The molecule has 1 N–H and O–H groups in total. The van der Waals surface area contributed by atoms with Crippen molar-refractivity contribution in [1.29, 1.82) is 0 Å². The second-order valence-corrected chi connectivity index (χ2v) is 9.49. The maximum absolute atomic E-state index is 13.2. The largest absolute Gasteiger partial charge is 0.481 e. The molecule has 2 unspecified atom stereocenters. The van der Waals surface area contributed by atoms with Gasteiger partial charge in [-0.15, -0.1) is 0 Å². The van der Waals surface area contributed by atoms with Crippen LogP contribution in [0.4, 0.5) is 0 Å². The molecule has 0 amide bonds. The lowest BCUT2D eigenvalue weighted by Crippen LogP contribution is -2.61. The van der Waals surface area contributed by atoms with Crippen LogP contribution >= 0.6 is 0 Å². The fraction of sp³-hybridized carbons (Fsp3) is 0.720. The SMILES string of the molecule is O=C(O)C1(C2CCCCC2)CCCCC1(c1ccccc1)C1CCCCC1. The number of carboxylic acid groups (broad SMARTS) is 1. The van der Waals surface area contributed by atoms with E-state index in [4.69, 9.17) is 0 Å². The van der Waals surface area contributed by atoms with E-state index >= 15 is 0 Å². The van der Waals surface area contributed by atoms with Gasteiger partial charge in [0.1, 0.15) is 0 Å². The average molecular weight is 369 g/mol. The summed E-state index contributed by atoms with van der Waals surface area (Å²) in [5, 5.41) is 10.9. The third-order valence-corrected chi connectivity index (χ3v) is 8.46. The first-order valence-electron chi connectivity index (χ1n) is 11.5. The molecule has 2 atom stereocenters. The summed E-state index contributed by atoms with van der Waals surface area (Å²) in [6.07, 6.45) is 16.5. The van der Waals surface area contributed by atoms with Gasteiger partial charge in [-0.05, 0) is 55.9 Å². The van der Waals surface area contributed by atoms with Crippen molar-refractivity contribution in [1.82, 2.24) is 0 Å². The maximum atomic E-state index is 13.2. The van der Waals surface area contributed by atoms with Gasteiger partial charge in [-0.3, -0.25) is 4.79 Å². The summed E-state index contributed by atoms with van der Waals surface area (Å²) in [7, 11) is 0. The maximum Gasteiger partial charge on any atom is 0.310 e. The minimum atomic E-state index is -0.560. The Labute approximate surface area is 164 Å². The summed E-state index contributed by atoms with van der Waals surface area (Å²) in [6, 6.07) is 10.9. The smallest absolute Gasteiger partial charge is 0.310 e. The second-order valence-electron chi connectivity index (χ2n) is 9.49. The van der Waals surface area contributed by atoms with Gasteiger partial charge in [0, 0.05) is 5.41 Å². The van der Waals surface area contributed by atoms with Gasteiger partial charge in [-0.1, -0.05) is 81.7 Å². The van der Waals surface area contributed by atoms with E-state index in [1.165, 1.54) is 63.4 Å². The first-order chi connectivity index (χ1) is 13.2. The third kappa shape index (κ3) is 3.04. The Bertz CT molecular complexity index is 627. The van der Waals surface area contributed by atoms with Gasteiger partial charge in [-0.25, -0.2) is 0 Å². The summed E-state index contributed by atoms with van der Waals surface area (Å²) < 4.78 is 0. The first kappa shape index (κ1) is 19.0. The van der Waals surface area contributed by atoms with E-state index < -0.39 is 11.4 Å². The highest BCUT2D eigenvalue weighted by Crippen LogP contribution is 2.64. The van der Waals surface area contributed by atoms with E-state index in [2.05, 4.69) is 30.3 Å². The van der Waals surface area contributed by atoms with Gasteiger partial charge in [0.25, 0.3) is 0 Å². The zero-order chi connectivity index (χ0) is 18.7. The van der Waals surface area contributed by atoms with Crippen molar-refractivity contribution in [3.8, 4) is 0 Å². The van der Waals surface area contributed by atoms with Gasteiger partial charge in [0.2, 0.25) is 0 Å². The summed E-state index contributed by atoms with van der Waals surface area (Å²) >= 11 is 0. The molecule has 1 aromatic rings. The van der Waals surface area contributed by atoms with Gasteiger partial charge < -0.3 is 5.11 Å². The number of aliphatic carboxylic acids is 1. The van der Waals surface area contributed by atoms with Crippen LogP contribution in [-0.4, -0.2) is 11.1 Å². The molecule has 0 radical (unpaired) electrons. The summed E-state index contributed by atoms with van der Waals surface area (Å²) in [4.78, 5) is 13.2. The molecule has 3 aliphatic rings. The molecule has 4 rings (SSSR count). The van der Waals surface area contributed by atoms with E-state index in [1.54, 1.807) is 0 Å². The normalized spacial score (nSPS) is 33.6. The predicted molar refractivity (Wildman–Crippen MR) is 110 cm³/mol. The van der Waals surface area contributed by atoms with E-state index in [0.29, 0.717) is 11.8 Å². The Hall–Kier alpha value is -1.31. The van der Waals surface area contributed by atoms with Crippen LogP contribution in [0.5, 0.6) is 0 Å². The van der Waals surface area contributed by atoms with Crippen LogP contribution in [0.3, 0.4) is 0 Å². The fourth-order valence-corrected chi connectivity index (χ4v) is 7.43. The van der Waals surface area contributed by atoms with E-state index in [0.717, 1.165) is 32.1 Å². The highest BCUT2D eigenvalue weighted by molar-refractivity contribution is 5.78. The lowest BCUT2D eigenvalue weighted by Gasteiger charge is -2.60. The fourth-order valence-electron chi connectivity index (χ4n) is 7.43. The standard InChI is InChI=1S/C25H36O2/c26-23(27)25(22-16-8-3-9-17-22)19-11-10-18-24(25,20-12-4-1-5-13-20)21-14-6-2-7-15-21/h1,4-5,12-13,21-22H,2-3,6-11,14-19H2,(H,26,27). The lowest BCUT2D eigenvalue weighted by molar-refractivity contribution is -0.171. The molecule has 2 heteroatoms. The molecule has 0 bridgehead atoms. The number of benzene rings is 1. The quantitative estimate of drug-likeness (QED) is 0.639. The molecule has 0 saturated heterocycles. The Morgan fingerprint density at radius 3 is 1.89 bits per heavy atom. The van der Waals surface area contributed by atoms with Gasteiger partial charge in [-0.2, -0.15) is 0 Å². The molecule has 148 valence electrons. The molecule has 0 aliphatic heterocycles. The minimum Gasteiger partial charge on any atom is -0.481 e. The third-order valence-electron chi connectivity index (χ3n) is 8.46. The van der Waals surface area contributed by atoms with Crippen molar-refractivity contribution in [2.75, 3.05) is 0 Å². The van der Waals surface area contributed by atoms with Crippen LogP contribution in [0.15, 0.2) is 30.3 Å². The molecule has 0 spiro atoms. The molecule has 1 aromatic carbocycles. The molecule has 2 nitrogen and oxygen atoms in total. The van der Waals surface area contributed by atoms with Gasteiger partial charge >= 0.3 is 5.97 Å². The summed E-state index contributed by atoms with van der Waals surface area (Å²) in [5.41, 5.74) is 0.611. The number of carboxylic acids is 1. The van der Waals surface area contributed by atoms with Crippen molar-refractivity contribution in [3.05, 3.63) is 35.9 Å². The Balaban J connectivity index is 1.90. The van der Waals surface area contributed by atoms with Gasteiger partial charge in [0.05, 0.1) is 5.41 Å². The van der Waals surface area contributed by atoms with E-state index in [9.17, 15) is 9.90 Å². The van der Waals surface area contributed by atoms with Crippen LogP contribution in [0.2, 0.25) is 0 Å². The van der Waals surface area contributed by atoms with E-state index in [1.807, 2.05) is 0 Å². The second kappa shape index (κ2) is 7.97. The number of carbonyl (C=O) groups is 1. The Kier molecular flexibility index (Phi) is 5.62.